The largest absolute Gasteiger partial charge is 0.351 e. The van der Waals surface area contributed by atoms with Gasteiger partial charge in [0.1, 0.15) is 22.9 Å². The molecule has 1 aromatic carbocycles. The average molecular weight is 459 g/mol. The lowest BCUT2D eigenvalue weighted by Gasteiger charge is -2.41. The Labute approximate surface area is 190 Å². The zero-order chi connectivity index (χ0) is 23.8. The van der Waals surface area contributed by atoms with Crippen molar-refractivity contribution in [2.45, 2.75) is 63.6 Å². The summed E-state index contributed by atoms with van der Waals surface area (Å²) in [5, 5.41) is 9.63. The lowest BCUT2D eigenvalue weighted by molar-refractivity contribution is -0.133. The van der Waals surface area contributed by atoms with Crippen LogP contribution < -0.4 is 10.6 Å². The van der Waals surface area contributed by atoms with Crippen LogP contribution in [0.1, 0.15) is 66.4 Å². The van der Waals surface area contributed by atoms with E-state index >= 15 is 0 Å². The van der Waals surface area contributed by atoms with Gasteiger partial charge in [-0.25, -0.2) is 8.78 Å². The van der Waals surface area contributed by atoms with Gasteiger partial charge >= 0.3 is 0 Å². The van der Waals surface area contributed by atoms with Crippen molar-refractivity contribution in [2.75, 3.05) is 12.4 Å². The van der Waals surface area contributed by atoms with Gasteiger partial charge in [-0.2, -0.15) is 5.10 Å². The quantitative estimate of drug-likeness (QED) is 0.687. The van der Waals surface area contributed by atoms with Crippen molar-refractivity contribution in [2.24, 2.45) is 0 Å². The van der Waals surface area contributed by atoms with Gasteiger partial charge in [0, 0.05) is 25.2 Å². The van der Waals surface area contributed by atoms with Gasteiger partial charge in [0.2, 0.25) is 5.91 Å². The van der Waals surface area contributed by atoms with E-state index in [-0.39, 0.29) is 35.6 Å². The van der Waals surface area contributed by atoms with Crippen molar-refractivity contribution >= 4 is 23.4 Å². The molecule has 0 unspecified atom stereocenters. The summed E-state index contributed by atoms with van der Waals surface area (Å²) in [4.78, 5) is 40.2. The zero-order valence-electron chi connectivity index (χ0n) is 18.7. The van der Waals surface area contributed by atoms with Gasteiger partial charge in [-0.1, -0.05) is 25.7 Å². The first-order valence-electron chi connectivity index (χ1n) is 11.1. The number of likely N-dealkylation sites (N-methyl/N-ethyl adjacent to an activating group) is 1. The lowest BCUT2D eigenvalue weighted by Crippen LogP contribution is -2.63. The second kappa shape index (κ2) is 8.92. The Kier molecular flexibility index (Phi) is 6.18. The summed E-state index contributed by atoms with van der Waals surface area (Å²) < 4.78 is 28.3. The Morgan fingerprint density at radius 3 is 2.48 bits per heavy atom. The Bertz CT molecular complexity index is 1090. The first-order chi connectivity index (χ1) is 15.7. The Balaban J connectivity index is 1.53. The highest BCUT2D eigenvalue weighted by atomic mass is 19.1. The van der Waals surface area contributed by atoms with E-state index in [9.17, 15) is 23.2 Å². The predicted octanol–water partition coefficient (Wildman–Crippen LogP) is 3.10. The molecule has 1 saturated carbocycles. The van der Waals surface area contributed by atoms with Crippen LogP contribution in [0.15, 0.2) is 24.3 Å². The molecule has 4 rings (SSSR count). The van der Waals surface area contributed by atoms with Gasteiger partial charge in [-0.15, -0.1) is 0 Å². The number of hydrogen-bond acceptors (Lipinski definition) is 4. The fourth-order valence-electron chi connectivity index (χ4n) is 4.38. The van der Waals surface area contributed by atoms with Crippen molar-refractivity contribution in [1.29, 1.82) is 0 Å². The summed E-state index contributed by atoms with van der Waals surface area (Å²) in [7, 11) is 1.55. The molecule has 3 amide bonds. The second-order valence-electron chi connectivity index (χ2n) is 8.95. The maximum atomic E-state index is 13.9. The Hall–Kier alpha value is -3.30. The fraction of sp³-hybridized carbons (Fsp3) is 0.478. The summed E-state index contributed by atoms with van der Waals surface area (Å²) in [5.41, 5.74) is -1.34. The van der Waals surface area contributed by atoms with E-state index in [1.54, 1.807) is 14.0 Å². The van der Waals surface area contributed by atoms with Crippen molar-refractivity contribution in [3.05, 3.63) is 47.3 Å². The number of nitrogens with one attached hydrogen (secondary N) is 2. The number of halogens is 2. The van der Waals surface area contributed by atoms with Crippen LogP contribution in [0.2, 0.25) is 0 Å². The number of amides is 3. The number of carbonyl (C=O) groups excluding carboxylic acids is 3. The van der Waals surface area contributed by atoms with Crippen molar-refractivity contribution in [1.82, 2.24) is 20.0 Å². The number of nitrogens with zero attached hydrogens (tertiary/aromatic N) is 3. The smallest absolute Gasteiger partial charge is 0.276 e. The highest BCUT2D eigenvalue weighted by Gasteiger charge is 2.46. The number of benzene rings is 1. The van der Waals surface area contributed by atoms with Gasteiger partial charge in [-0.05, 0) is 31.9 Å². The summed E-state index contributed by atoms with van der Waals surface area (Å²) in [6.07, 6.45) is 6.27. The molecular weight excluding hydrogens is 432 g/mol. The van der Waals surface area contributed by atoms with Crippen LogP contribution in [0.3, 0.4) is 0 Å². The molecule has 0 saturated heterocycles. The topological polar surface area (TPSA) is 96.3 Å². The molecular formula is C23H27F2N5O3. The SMILES string of the molecule is CN1C(=O)c2cc(C(=O)Nc3ccc(F)cc3F)nn2C[C@]1(C)C(=O)NC1CCCCCC1. The molecule has 176 valence electrons. The number of aromatic nitrogens is 2. The maximum Gasteiger partial charge on any atom is 0.276 e. The third-order valence-electron chi connectivity index (χ3n) is 6.59. The normalized spacial score (nSPS) is 21.3. The average Bonchev–Trinajstić information content (AvgIpc) is 3.02. The van der Waals surface area contributed by atoms with E-state index in [0.717, 1.165) is 50.7 Å². The third-order valence-corrected chi connectivity index (χ3v) is 6.59. The summed E-state index contributed by atoms with van der Waals surface area (Å²) >= 11 is 0. The molecule has 1 aromatic heterocycles. The number of anilines is 1. The van der Waals surface area contributed by atoms with Crippen molar-refractivity contribution in [3.8, 4) is 0 Å². The molecule has 2 aliphatic rings. The monoisotopic (exact) mass is 459 g/mol. The standard InChI is InChI=1S/C23H27F2N5O3/c1-23(22(33)26-15-7-5-3-4-6-8-15)13-30-19(21(32)29(23)2)12-18(28-30)20(31)27-17-10-9-14(24)11-16(17)25/h9-12,15H,3-8,13H2,1-2H3,(H,26,33)(H,27,31)/t23-/m1/s1. The van der Waals surface area contributed by atoms with E-state index in [2.05, 4.69) is 15.7 Å². The zero-order valence-corrected chi connectivity index (χ0v) is 18.7. The lowest BCUT2D eigenvalue weighted by atomic mass is 9.95. The van der Waals surface area contributed by atoms with E-state index in [0.29, 0.717) is 6.07 Å². The van der Waals surface area contributed by atoms with Crippen LogP contribution in [0.5, 0.6) is 0 Å². The fourth-order valence-corrected chi connectivity index (χ4v) is 4.38. The molecule has 1 fully saturated rings. The van der Waals surface area contributed by atoms with E-state index < -0.39 is 29.0 Å². The van der Waals surface area contributed by atoms with Crippen LogP contribution >= 0.6 is 0 Å². The number of rotatable bonds is 4. The molecule has 10 heteroatoms. The van der Waals surface area contributed by atoms with E-state index in [4.69, 9.17) is 0 Å². The van der Waals surface area contributed by atoms with Gasteiger partial charge in [0.25, 0.3) is 11.8 Å². The van der Waals surface area contributed by atoms with Gasteiger partial charge in [0.05, 0.1) is 12.2 Å². The molecule has 2 heterocycles. The van der Waals surface area contributed by atoms with Gasteiger partial charge < -0.3 is 15.5 Å². The highest BCUT2D eigenvalue weighted by Crippen LogP contribution is 2.27. The highest BCUT2D eigenvalue weighted by molar-refractivity contribution is 6.05. The van der Waals surface area contributed by atoms with Crippen LogP contribution in [0, 0.1) is 11.6 Å². The van der Waals surface area contributed by atoms with Gasteiger partial charge in [-0.3, -0.25) is 19.1 Å². The molecule has 2 N–H and O–H groups in total. The second-order valence-corrected chi connectivity index (χ2v) is 8.95. The number of carbonyl (C=O) groups is 3. The molecule has 1 atom stereocenters. The molecule has 8 nitrogen and oxygen atoms in total. The van der Waals surface area contributed by atoms with E-state index in [1.807, 2.05) is 0 Å². The molecule has 1 aliphatic carbocycles. The summed E-state index contributed by atoms with van der Waals surface area (Å²) in [6.45, 7) is 1.75. The van der Waals surface area contributed by atoms with Crippen LogP contribution in [-0.4, -0.2) is 51.0 Å². The minimum atomic E-state index is -1.18. The van der Waals surface area contributed by atoms with E-state index in [1.165, 1.54) is 15.6 Å². The first-order valence-corrected chi connectivity index (χ1v) is 11.1. The number of hydrogen-bond donors (Lipinski definition) is 2. The molecule has 0 spiro atoms. The Morgan fingerprint density at radius 1 is 1.12 bits per heavy atom. The minimum Gasteiger partial charge on any atom is -0.351 e. The predicted molar refractivity (Wildman–Crippen MR) is 117 cm³/mol. The summed E-state index contributed by atoms with van der Waals surface area (Å²) in [5.74, 6) is -3.14. The first kappa shape index (κ1) is 22.9. The third kappa shape index (κ3) is 4.46. The van der Waals surface area contributed by atoms with Crippen LogP contribution in [0.25, 0.3) is 0 Å². The molecule has 1 aliphatic heterocycles. The molecule has 0 radical (unpaired) electrons. The summed E-state index contributed by atoms with van der Waals surface area (Å²) in [6, 6.07) is 4.16. The molecule has 2 aromatic rings. The number of fused-ring (bicyclic) bond motifs is 1. The van der Waals surface area contributed by atoms with Gasteiger partial charge in [0.15, 0.2) is 5.69 Å². The van der Waals surface area contributed by atoms with Crippen molar-refractivity contribution < 1.29 is 23.2 Å². The Morgan fingerprint density at radius 2 is 1.82 bits per heavy atom. The van der Waals surface area contributed by atoms with Crippen molar-refractivity contribution in [3.63, 3.8) is 0 Å². The molecule has 0 bridgehead atoms. The van der Waals surface area contributed by atoms with Crippen LogP contribution in [0.4, 0.5) is 14.5 Å². The van der Waals surface area contributed by atoms with Crippen LogP contribution in [-0.2, 0) is 11.3 Å². The maximum absolute atomic E-state index is 13.9. The minimum absolute atomic E-state index is 0.0708. The molecule has 33 heavy (non-hydrogen) atoms.